The fourth-order valence-corrected chi connectivity index (χ4v) is 2.73. The molecule has 0 bridgehead atoms. The van der Waals surface area contributed by atoms with Crippen LogP contribution in [-0.4, -0.2) is 11.6 Å². The third-order valence-corrected chi connectivity index (χ3v) is 3.54. The molecule has 100 valence electrons. The van der Waals surface area contributed by atoms with Gasteiger partial charge in [-0.25, -0.2) is 0 Å². The minimum absolute atomic E-state index is 0.444. The molecule has 0 saturated carbocycles. The van der Waals surface area contributed by atoms with E-state index >= 15 is 0 Å². The van der Waals surface area contributed by atoms with E-state index < -0.39 is 0 Å². The van der Waals surface area contributed by atoms with E-state index in [0.29, 0.717) is 12.5 Å². The van der Waals surface area contributed by atoms with Crippen LogP contribution in [0.25, 0.3) is 0 Å². The van der Waals surface area contributed by atoms with Crippen LogP contribution in [0.2, 0.25) is 0 Å². The number of pyridine rings is 1. The van der Waals surface area contributed by atoms with Crippen LogP contribution in [0.1, 0.15) is 16.8 Å². The van der Waals surface area contributed by atoms with Crippen molar-refractivity contribution in [3.05, 3.63) is 57.8 Å². The molecule has 0 aliphatic carbocycles. The SMILES string of the molecule is Cc1cc(Br)cc(CCl)c1OCCc1ccccn1. The van der Waals surface area contributed by atoms with Gasteiger partial charge in [-0.1, -0.05) is 22.0 Å². The Morgan fingerprint density at radius 1 is 1.32 bits per heavy atom. The molecule has 2 rings (SSSR count). The maximum atomic E-state index is 5.96. The lowest BCUT2D eigenvalue weighted by Gasteiger charge is -2.13. The Bertz CT molecular complexity index is 545. The van der Waals surface area contributed by atoms with E-state index in [4.69, 9.17) is 16.3 Å². The molecular formula is C15H15BrClNO. The molecule has 4 heteroatoms. The van der Waals surface area contributed by atoms with Crippen molar-refractivity contribution in [1.82, 2.24) is 4.98 Å². The van der Waals surface area contributed by atoms with E-state index in [1.165, 1.54) is 0 Å². The highest BCUT2D eigenvalue weighted by atomic mass is 79.9. The van der Waals surface area contributed by atoms with Crippen LogP contribution in [0.4, 0.5) is 0 Å². The fourth-order valence-electron chi connectivity index (χ4n) is 1.91. The molecule has 0 aliphatic heterocycles. The van der Waals surface area contributed by atoms with Gasteiger partial charge in [-0.05, 0) is 36.8 Å². The Morgan fingerprint density at radius 3 is 2.84 bits per heavy atom. The molecule has 0 unspecified atom stereocenters. The summed E-state index contributed by atoms with van der Waals surface area (Å²) in [6, 6.07) is 9.93. The van der Waals surface area contributed by atoms with Crippen LogP contribution in [0.5, 0.6) is 5.75 Å². The number of halogens is 2. The van der Waals surface area contributed by atoms with Gasteiger partial charge in [0, 0.05) is 28.3 Å². The summed E-state index contributed by atoms with van der Waals surface area (Å²) >= 11 is 9.43. The van der Waals surface area contributed by atoms with Crippen molar-refractivity contribution in [2.24, 2.45) is 0 Å². The van der Waals surface area contributed by atoms with Gasteiger partial charge in [-0.2, -0.15) is 0 Å². The number of ether oxygens (including phenoxy) is 1. The molecule has 0 aliphatic rings. The molecular weight excluding hydrogens is 326 g/mol. The van der Waals surface area contributed by atoms with E-state index in [-0.39, 0.29) is 0 Å². The predicted octanol–water partition coefficient (Wildman–Crippen LogP) is 4.51. The second-order valence-corrected chi connectivity index (χ2v) is 5.45. The summed E-state index contributed by atoms with van der Waals surface area (Å²) in [5, 5.41) is 0. The van der Waals surface area contributed by atoms with Crippen molar-refractivity contribution in [1.29, 1.82) is 0 Å². The summed E-state index contributed by atoms with van der Waals surface area (Å²) in [5.41, 5.74) is 3.13. The molecule has 0 amide bonds. The molecule has 0 atom stereocenters. The van der Waals surface area contributed by atoms with Crippen LogP contribution in [0.3, 0.4) is 0 Å². The lowest BCUT2D eigenvalue weighted by molar-refractivity contribution is 0.316. The van der Waals surface area contributed by atoms with Gasteiger partial charge in [-0.3, -0.25) is 4.98 Å². The highest BCUT2D eigenvalue weighted by Crippen LogP contribution is 2.29. The zero-order chi connectivity index (χ0) is 13.7. The molecule has 2 nitrogen and oxygen atoms in total. The number of alkyl halides is 1. The van der Waals surface area contributed by atoms with Gasteiger partial charge in [0.25, 0.3) is 0 Å². The first-order chi connectivity index (χ1) is 9.20. The molecule has 0 fully saturated rings. The molecule has 19 heavy (non-hydrogen) atoms. The van der Waals surface area contributed by atoms with Gasteiger partial charge in [0.1, 0.15) is 5.75 Å². The number of aromatic nitrogens is 1. The molecule has 0 spiro atoms. The number of hydrogen-bond acceptors (Lipinski definition) is 2. The first-order valence-electron chi connectivity index (χ1n) is 6.08. The molecule has 1 heterocycles. The third-order valence-electron chi connectivity index (χ3n) is 2.79. The highest BCUT2D eigenvalue weighted by molar-refractivity contribution is 9.10. The van der Waals surface area contributed by atoms with Crippen molar-refractivity contribution >= 4 is 27.5 Å². The highest BCUT2D eigenvalue weighted by Gasteiger charge is 2.08. The van der Waals surface area contributed by atoms with E-state index in [1.807, 2.05) is 37.3 Å². The first-order valence-corrected chi connectivity index (χ1v) is 7.41. The number of nitrogens with zero attached hydrogens (tertiary/aromatic N) is 1. The summed E-state index contributed by atoms with van der Waals surface area (Å²) in [6.07, 6.45) is 2.59. The Hall–Kier alpha value is -1.06. The average Bonchev–Trinajstić information content (AvgIpc) is 2.42. The lowest BCUT2D eigenvalue weighted by Crippen LogP contribution is -2.05. The normalized spacial score (nSPS) is 10.5. The van der Waals surface area contributed by atoms with E-state index in [2.05, 4.69) is 20.9 Å². The smallest absolute Gasteiger partial charge is 0.126 e. The maximum absolute atomic E-state index is 5.96. The fraction of sp³-hybridized carbons (Fsp3) is 0.267. The Kier molecular flexibility index (Phi) is 5.23. The van der Waals surface area contributed by atoms with Crippen LogP contribution < -0.4 is 4.74 Å². The molecule has 1 aromatic heterocycles. The monoisotopic (exact) mass is 339 g/mol. The number of rotatable bonds is 5. The summed E-state index contributed by atoms with van der Waals surface area (Å²) in [5.74, 6) is 1.33. The third kappa shape index (κ3) is 3.95. The van der Waals surface area contributed by atoms with Gasteiger partial charge in [0.2, 0.25) is 0 Å². The quantitative estimate of drug-likeness (QED) is 0.747. The van der Waals surface area contributed by atoms with Crippen LogP contribution >= 0.6 is 27.5 Å². The van der Waals surface area contributed by atoms with Crippen molar-refractivity contribution in [3.8, 4) is 5.75 Å². The Balaban J connectivity index is 2.03. The number of hydrogen-bond donors (Lipinski definition) is 0. The van der Waals surface area contributed by atoms with E-state index in [1.54, 1.807) is 6.20 Å². The molecule has 0 saturated heterocycles. The first kappa shape index (κ1) is 14.4. The summed E-state index contributed by atoms with van der Waals surface area (Å²) in [6.45, 7) is 2.63. The van der Waals surface area contributed by atoms with Crippen molar-refractivity contribution in [2.45, 2.75) is 19.2 Å². The number of aryl methyl sites for hydroxylation is 1. The molecule has 0 N–H and O–H groups in total. The van der Waals surface area contributed by atoms with E-state index in [0.717, 1.165) is 33.5 Å². The summed E-state index contributed by atoms with van der Waals surface area (Å²) in [4.78, 5) is 4.28. The standard InChI is InChI=1S/C15H15BrClNO/c1-11-8-13(16)9-12(10-17)15(11)19-7-5-14-4-2-3-6-18-14/h2-4,6,8-9H,5,7,10H2,1H3. The topological polar surface area (TPSA) is 22.1 Å². The van der Waals surface area contributed by atoms with Crippen molar-refractivity contribution in [3.63, 3.8) is 0 Å². The van der Waals surface area contributed by atoms with Gasteiger partial charge in [0.05, 0.1) is 12.5 Å². The minimum Gasteiger partial charge on any atom is -0.493 e. The van der Waals surface area contributed by atoms with Crippen LogP contribution in [0.15, 0.2) is 41.0 Å². The average molecular weight is 341 g/mol. The lowest BCUT2D eigenvalue weighted by atomic mass is 10.1. The molecule has 1 aromatic carbocycles. The molecule has 0 radical (unpaired) electrons. The molecule has 2 aromatic rings. The second-order valence-electron chi connectivity index (χ2n) is 4.26. The zero-order valence-electron chi connectivity index (χ0n) is 10.7. The second kappa shape index (κ2) is 6.92. The van der Waals surface area contributed by atoms with E-state index in [9.17, 15) is 0 Å². The van der Waals surface area contributed by atoms with Gasteiger partial charge < -0.3 is 4.74 Å². The Labute approximate surface area is 126 Å². The van der Waals surface area contributed by atoms with Gasteiger partial charge in [0.15, 0.2) is 0 Å². The Morgan fingerprint density at radius 2 is 2.16 bits per heavy atom. The largest absolute Gasteiger partial charge is 0.493 e. The maximum Gasteiger partial charge on any atom is 0.126 e. The summed E-state index contributed by atoms with van der Waals surface area (Å²) in [7, 11) is 0. The minimum atomic E-state index is 0.444. The van der Waals surface area contributed by atoms with Crippen LogP contribution in [0, 0.1) is 6.92 Å². The van der Waals surface area contributed by atoms with Crippen molar-refractivity contribution in [2.75, 3.05) is 6.61 Å². The van der Waals surface area contributed by atoms with Gasteiger partial charge >= 0.3 is 0 Å². The van der Waals surface area contributed by atoms with Crippen molar-refractivity contribution < 1.29 is 4.74 Å². The zero-order valence-corrected chi connectivity index (χ0v) is 13.0. The van der Waals surface area contributed by atoms with Gasteiger partial charge in [-0.15, -0.1) is 11.6 Å². The van der Waals surface area contributed by atoms with Crippen LogP contribution in [-0.2, 0) is 12.3 Å². The predicted molar refractivity (Wildman–Crippen MR) is 81.9 cm³/mol. The number of benzene rings is 1. The summed E-state index contributed by atoms with van der Waals surface area (Å²) < 4.78 is 6.90.